The van der Waals surface area contributed by atoms with E-state index in [1.54, 1.807) is 126 Å². The summed E-state index contributed by atoms with van der Waals surface area (Å²) in [5.74, 6) is 0.852. The Morgan fingerprint density at radius 3 is 1.98 bits per heavy atom. The average Bonchev–Trinajstić information content (AvgIpc) is 3.92. The van der Waals surface area contributed by atoms with Crippen molar-refractivity contribution in [2.75, 3.05) is 0 Å². The van der Waals surface area contributed by atoms with Crippen molar-refractivity contribution in [2.24, 2.45) is 5.41 Å². The van der Waals surface area contributed by atoms with Gasteiger partial charge in [-0.3, -0.25) is 0 Å². The summed E-state index contributed by atoms with van der Waals surface area (Å²) in [6.07, 6.45) is 12.7. The molecule has 4 atom stereocenters. The minimum atomic E-state index is -0.0819. The van der Waals surface area contributed by atoms with Crippen molar-refractivity contribution in [2.45, 2.75) is 30.1 Å². The van der Waals surface area contributed by atoms with Crippen molar-refractivity contribution in [1.82, 2.24) is 0 Å². The average molecular weight is 597 g/mol. The molecule has 8 aliphatic rings. The summed E-state index contributed by atoms with van der Waals surface area (Å²) in [4.78, 5) is 0. The van der Waals surface area contributed by atoms with Gasteiger partial charge in [0.05, 0.1) is 0 Å². The maximum atomic E-state index is 2.64. The largest absolute Gasteiger partial charge is 0.0754 e. The molecule has 0 N–H and O–H groups in total. The van der Waals surface area contributed by atoms with Crippen LogP contribution in [-0.2, 0) is 18.3 Å². The van der Waals surface area contributed by atoms with E-state index in [9.17, 15) is 0 Å². The van der Waals surface area contributed by atoms with Gasteiger partial charge in [0.1, 0.15) is 0 Å². The van der Waals surface area contributed by atoms with E-state index in [1.165, 1.54) is 26.8 Å². The third-order valence-corrected chi connectivity index (χ3v) is 16.2. The highest BCUT2D eigenvalue weighted by molar-refractivity contribution is 6.58. The van der Waals surface area contributed by atoms with E-state index >= 15 is 0 Å². The maximum absolute atomic E-state index is 2.64. The number of fused-ring (bicyclic) bond motifs is 4. The van der Waals surface area contributed by atoms with Crippen LogP contribution in [0.2, 0.25) is 0 Å². The second kappa shape index (κ2) is 5.39. The molecule has 0 nitrogen and oxygen atoms in total. The standard InChI is InChI=1S/C48H20/c1-2-4-18-16-48-28-14-13-27-25-11-9-23-21-7-5-19-20-6-8-22-24-10-12-26(28)36-34(24)39-32(22)30(20)37-29(19)31(21)38-33(23)35(25)45(47(27,48)15-17(18)3-1)43-41(38)40(37)42(39)44(43)46(36)48/h1-14,23,33H,15-16H2. The molecule has 10 aromatic carbocycles. The maximum Gasteiger partial charge on any atom is 0.0402 e. The number of benzene rings is 7. The van der Waals surface area contributed by atoms with Gasteiger partial charge in [-0.1, -0.05) is 85.0 Å². The van der Waals surface area contributed by atoms with Crippen molar-refractivity contribution >= 4 is 97.3 Å². The summed E-state index contributed by atoms with van der Waals surface area (Å²) < 4.78 is 0. The third kappa shape index (κ3) is 1.39. The molecule has 0 heterocycles. The van der Waals surface area contributed by atoms with Crippen molar-refractivity contribution < 1.29 is 0 Å². The molecule has 2 spiro atoms. The van der Waals surface area contributed by atoms with Gasteiger partial charge in [-0.15, -0.1) is 0 Å². The number of hydrogen-bond acceptors (Lipinski definition) is 0. The van der Waals surface area contributed by atoms with Crippen molar-refractivity contribution in [1.29, 1.82) is 0 Å². The molecule has 0 bridgehead atoms. The van der Waals surface area contributed by atoms with Gasteiger partial charge in [-0.25, -0.2) is 0 Å². The lowest BCUT2D eigenvalue weighted by Gasteiger charge is -2.59. The first-order valence-electron chi connectivity index (χ1n) is 18.0. The van der Waals surface area contributed by atoms with Crippen LogP contribution in [0.25, 0.3) is 97.3 Å². The lowest BCUT2D eigenvalue weighted by Crippen LogP contribution is -2.55. The Kier molecular flexibility index (Phi) is 2.33. The van der Waals surface area contributed by atoms with Gasteiger partial charge in [0.25, 0.3) is 0 Å². The van der Waals surface area contributed by atoms with Crippen LogP contribution in [0.4, 0.5) is 0 Å². The van der Waals surface area contributed by atoms with Gasteiger partial charge >= 0.3 is 0 Å². The molecule has 0 aliphatic heterocycles. The first-order valence-corrected chi connectivity index (χ1v) is 18.0. The first-order chi connectivity index (χ1) is 23.8. The van der Waals surface area contributed by atoms with E-state index in [1.807, 2.05) is 0 Å². The Morgan fingerprint density at radius 1 is 0.521 bits per heavy atom. The topological polar surface area (TPSA) is 0 Å². The number of rotatable bonds is 0. The highest BCUT2D eigenvalue weighted by atomic mass is 14.7. The predicted octanol–water partition coefficient (Wildman–Crippen LogP) is 10.4. The molecule has 0 fully saturated rings. The molecule has 8 aliphatic carbocycles. The summed E-state index contributed by atoms with van der Waals surface area (Å²) >= 11 is 0. The molecular formula is C48H20. The van der Waals surface area contributed by atoms with Crippen LogP contribution in [0.3, 0.4) is 0 Å². The molecule has 0 amide bonds. The van der Waals surface area contributed by atoms with Crippen LogP contribution in [0, 0.1) is 5.41 Å². The fourth-order valence-electron chi connectivity index (χ4n) is 15.3. The van der Waals surface area contributed by atoms with E-state index in [-0.39, 0.29) is 10.8 Å². The second-order valence-corrected chi connectivity index (χ2v) is 16.8. The Labute approximate surface area is 272 Å². The smallest absolute Gasteiger partial charge is 0.0402 e. The molecule has 18 rings (SSSR count). The van der Waals surface area contributed by atoms with Crippen LogP contribution in [0.15, 0.2) is 102 Å². The Hall–Kier alpha value is -5.46. The zero-order valence-corrected chi connectivity index (χ0v) is 25.7. The van der Waals surface area contributed by atoms with Crippen LogP contribution in [0.5, 0.6) is 0 Å². The molecule has 4 unspecified atom stereocenters. The lowest BCUT2D eigenvalue weighted by atomic mass is 9.42. The highest BCUT2D eigenvalue weighted by Gasteiger charge is 2.70. The molecule has 212 valence electrons. The van der Waals surface area contributed by atoms with E-state index in [0.29, 0.717) is 11.8 Å². The van der Waals surface area contributed by atoms with Crippen LogP contribution in [0.1, 0.15) is 45.2 Å². The van der Waals surface area contributed by atoms with E-state index in [0.717, 1.165) is 12.8 Å². The fourth-order valence-corrected chi connectivity index (χ4v) is 15.3. The molecule has 48 heavy (non-hydrogen) atoms. The van der Waals surface area contributed by atoms with Crippen LogP contribution in [-0.4, -0.2) is 0 Å². The quantitative estimate of drug-likeness (QED) is 0.153. The molecular weight excluding hydrogens is 577 g/mol. The molecule has 0 radical (unpaired) electrons. The van der Waals surface area contributed by atoms with Crippen LogP contribution < -0.4 is 5.22 Å². The minimum Gasteiger partial charge on any atom is -0.0754 e. The van der Waals surface area contributed by atoms with Crippen molar-refractivity contribution in [3.8, 4) is 0 Å². The second-order valence-electron chi connectivity index (χ2n) is 16.8. The number of allylic oxidation sites excluding steroid dienone is 8. The molecule has 0 heteroatoms. The highest BCUT2D eigenvalue weighted by Crippen LogP contribution is 2.81. The Balaban J connectivity index is 1.31. The minimum absolute atomic E-state index is 0.0703. The SMILES string of the molecule is C1=CC2c3ccc4c5ccc6c7ccc8c9c%10c%11c%12c%13c(c3c4c3c%13c%11c(c97)c6c53)C2C2=C%12C34Cc5ccccc5CC%103C=8C=CC4=C12. The zero-order chi connectivity index (χ0) is 29.6. The van der Waals surface area contributed by atoms with Gasteiger partial charge < -0.3 is 0 Å². The summed E-state index contributed by atoms with van der Waals surface area (Å²) in [7, 11) is 0. The third-order valence-electron chi connectivity index (χ3n) is 16.2. The number of hydrogen-bond donors (Lipinski definition) is 0. The zero-order valence-electron chi connectivity index (χ0n) is 25.7. The van der Waals surface area contributed by atoms with Gasteiger partial charge in [0.2, 0.25) is 0 Å². The summed E-state index contributed by atoms with van der Waals surface area (Å²) in [6, 6.07) is 24.7. The molecule has 10 aromatic rings. The van der Waals surface area contributed by atoms with E-state index in [2.05, 4.69) is 85.0 Å². The summed E-state index contributed by atoms with van der Waals surface area (Å²) in [5, 5.41) is 26.7. The molecule has 0 aromatic heterocycles. The predicted molar refractivity (Wildman–Crippen MR) is 197 cm³/mol. The van der Waals surface area contributed by atoms with Crippen molar-refractivity contribution in [3.05, 3.63) is 140 Å². The summed E-state index contributed by atoms with van der Waals surface area (Å²) in [5.41, 5.74) is 17.9. The van der Waals surface area contributed by atoms with E-state index < -0.39 is 0 Å². The molecule has 0 saturated heterocycles. The summed E-state index contributed by atoms with van der Waals surface area (Å²) in [6.45, 7) is 0. The fraction of sp³-hybridized carbons (Fsp3) is 0.125. The lowest BCUT2D eigenvalue weighted by molar-refractivity contribution is 0.283. The van der Waals surface area contributed by atoms with Crippen LogP contribution >= 0.6 is 0 Å². The monoisotopic (exact) mass is 596 g/mol. The van der Waals surface area contributed by atoms with E-state index in [4.69, 9.17) is 0 Å². The Morgan fingerprint density at radius 2 is 1.17 bits per heavy atom. The van der Waals surface area contributed by atoms with Crippen molar-refractivity contribution in [3.63, 3.8) is 0 Å². The van der Waals surface area contributed by atoms with Gasteiger partial charge in [0, 0.05) is 22.7 Å². The molecule has 0 saturated carbocycles. The van der Waals surface area contributed by atoms with Gasteiger partial charge in [0.15, 0.2) is 0 Å². The Bertz CT molecular complexity index is 3670. The van der Waals surface area contributed by atoms with Gasteiger partial charge in [-0.2, -0.15) is 0 Å². The first kappa shape index (κ1) is 20.7. The normalized spacial score (nSPS) is 28.9. The van der Waals surface area contributed by atoms with Gasteiger partial charge in [-0.05, 0) is 165 Å².